The highest BCUT2D eigenvalue weighted by Gasteiger charge is 2.08. The summed E-state index contributed by atoms with van der Waals surface area (Å²) in [5, 5.41) is 2.51. The van der Waals surface area contributed by atoms with Crippen LogP contribution in [-0.2, 0) is 9.63 Å². The molecule has 0 unspecified atom stereocenters. The third kappa shape index (κ3) is 4.24. The van der Waals surface area contributed by atoms with Crippen molar-refractivity contribution < 1.29 is 14.4 Å². The van der Waals surface area contributed by atoms with Gasteiger partial charge < -0.3 is 5.32 Å². The Bertz CT molecular complexity index is 410. The van der Waals surface area contributed by atoms with E-state index in [9.17, 15) is 9.59 Å². The van der Waals surface area contributed by atoms with Crippen LogP contribution in [0.15, 0.2) is 18.2 Å². The molecule has 1 aromatic carbocycles. The Morgan fingerprint density at radius 3 is 2.29 bits per heavy atom. The molecule has 0 aliphatic carbocycles. The molecule has 0 heterocycles. The largest absolute Gasteiger partial charge is 0.343 e. The van der Waals surface area contributed by atoms with Gasteiger partial charge in [-0.15, -0.1) is 0 Å². The minimum Gasteiger partial charge on any atom is -0.343 e. The average molecular weight is 236 g/mol. The van der Waals surface area contributed by atoms with Crippen molar-refractivity contribution in [3.63, 3.8) is 0 Å². The summed E-state index contributed by atoms with van der Waals surface area (Å²) in [4.78, 5) is 27.2. The number of hydrogen-bond donors (Lipinski definition) is 2. The summed E-state index contributed by atoms with van der Waals surface area (Å²) in [6, 6.07) is 5.53. The SMILES string of the molecule is CONC(=O)CNC(=O)c1cc(C)cc(C)c1. The maximum absolute atomic E-state index is 11.7. The summed E-state index contributed by atoms with van der Waals surface area (Å²) < 4.78 is 0. The van der Waals surface area contributed by atoms with E-state index in [4.69, 9.17) is 0 Å². The standard InChI is InChI=1S/C12H16N2O3/c1-8-4-9(2)6-10(5-8)12(16)13-7-11(15)14-17-3/h4-6H,7H2,1-3H3,(H,13,16)(H,14,15). The zero-order valence-corrected chi connectivity index (χ0v) is 10.2. The van der Waals surface area contributed by atoms with Crippen molar-refractivity contribution in [1.29, 1.82) is 0 Å². The lowest BCUT2D eigenvalue weighted by Crippen LogP contribution is -2.36. The van der Waals surface area contributed by atoms with Crippen molar-refractivity contribution in [1.82, 2.24) is 10.8 Å². The number of aryl methyl sites for hydroxylation is 2. The van der Waals surface area contributed by atoms with Crippen LogP contribution >= 0.6 is 0 Å². The second-order valence-electron chi connectivity index (χ2n) is 3.79. The minimum atomic E-state index is -0.398. The summed E-state index contributed by atoms with van der Waals surface area (Å²) in [5.41, 5.74) is 4.69. The number of nitrogens with one attached hydrogen (secondary N) is 2. The van der Waals surface area contributed by atoms with Crippen molar-refractivity contribution in [2.24, 2.45) is 0 Å². The summed E-state index contributed by atoms with van der Waals surface area (Å²) in [6.45, 7) is 3.72. The fourth-order valence-electron chi connectivity index (χ4n) is 1.52. The molecule has 0 aliphatic rings. The maximum atomic E-state index is 11.7. The lowest BCUT2D eigenvalue weighted by molar-refractivity contribution is -0.130. The van der Waals surface area contributed by atoms with Crippen LogP contribution in [0.5, 0.6) is 0 Å². The molecule has 0 aliphatic heterocycles. The molecule has 1 rings (SSSR count). The molecule has 0 saturated heterocycles. The van der Waals surface area contributed by atoms with Gasteiger partial charge in [0.25, 0.3) is 11.8 Å². The van der Waals surface area contributed by atoms with E-state index in [2.05, 4.69) is 15.6 Å². The Labute approximate surface area is 100 Å². The van der Waals surface area contributed by atoms with Crippen LogP contribution in [0, 0.1) is 13.8 Å². The zero-order valence-electron chi connectivity index (χ0n) is 10.2. The molecule has 5 nitrogen and oxygen atoms in total. The van der Waals surface area contributed by atoms with E-state index in [0.717, 1.165) is 11.1 Å². The van der Waals surface area contributed by atoms with Gasteiger partial charge in [-0.2, -0.15) is 0 Å². The van der Waals surface area contributed by atoms with Crippen LogP contribution < -0.4 is 10.8 Å². The van der Waals surface area contributed by atoms with E-state index in [1.165, 1.54) is 7.11 Å². The molecular formula is C12H16N2O3. The van der Waals surface area contributed by atoms with Crippen LogP contribution in [0.2, 0.25) is 0 Å². The minimum absolute atomic E-state index is 0.111. The fourth-order valence-corrected chi connectivity index (χ4v) is 1.52. The molecule has 0 atom stereocenters. The van der Waals surface area contributed by atoms with Gasteiger partial charge >= 0.3 is 0 Å². The highest BCUT2D eigenvalue weighted by atomic mass is 16.6. The Balaban J connectivity index is 2.61. The second kappa shape index (κ2) is 6.00. The van der Waals surface area contributed by atoms with E-state index < -0.39 is 5.91 Å². The summed E-state index contributed by atoms with van der Waals surface area (Å²) in [6.07, 6.45) is 0. The maximum Gasteiger partial charge on any atom is 0.262 e. The molecule has 17 heavy (non-hydrogen) atoms. The average Bonchev–Trinajstić information content (AvgIpc) is 2.25. The van der Waals surface area contributed by atoms with E-state index >= 15 is 0 Å². The quantitative estimate of drug-likeness (QED) is 0.757. The first kappa shape index (κ1) is 13.2. The van der Waals surface area contributed by atoms with Crippen LogP contribution in [0.3, 0.4) is 0 Å². The van der Waals surface area contributed by atoms with Crippen LogP contribution in [0.25, 0.3) is 0 Å². The third-order valence-corrected chi connectivity index (χ3v) is 2.11. The molecule has 0 spiro atoms. The Morgan fingerprint density at radius 2 is 1.76 bits per heavy atom. The molecule has 2 amide bonds. The van der Waals surface area contributed by atoms with E-state index in [1.807, 2.05) is 19.9 Å². The van der Waals surface area contributed by atoms with Crippen LogP contribution in [-0.4, -0.2) is 25.5 Å². The molecule has 0 radical (unpaired) electrons. The molecule has 0 fully saturated rings. The predicted octanol–water partition coefficient (Wildman–Crippen LogP) is 0.711. The van der Waals surface area contributed by atoms with Gasteiger partial charge in [-0.05, 0) is 26.0 Å². The first-order chi connectivity index (χ1) is 8.02. The number of hydrogen-bond acceptors (Lipinski definition) is 3. The number of carbonyl (C=O) groups is 2. The number of rotatable bonds is 4. The highest BCUT2D eigenvalue weighted by Crippen LogP contribution is 2.08. The first-order valence-corrected chi connectivity index (χ1v) is 5.21. The smallest absolute Gasteiger partial charge is 0.262 e. The second-order valence-corrected chi connectivity index (χ2v) is 3.79. The van der Waals surface area contributed by atoms with Gasteiger partial charge in [0, 0.05) is 5.56 Å². The molecule has 2 N–H and O–H groups in total. The molecule has 92 valence electrons. The van der Waals surface area contributed by atoms with Crippen LogP contribution in [0.1, 0.15) is 21.5 Å². The van der Waals surface area contributed by atoms with Gasteiger partial charge in [-0.1, -0.05) is 17.2 Å². The lowest BCUT2D eigenvalue weighted by Gasteiger charge is -2.06. The topological polar surface area (TPSA) is 67.4 Å². The molecule has 0 aromatic heterocycles. The number of hydroxylamine groups is 1. The number of amides is 2. The predicted molar refractivity (Wildman–Crippen MR) is 63.4 cm³/mol. The summed E-state index contributed by atoms with van der Waals surface area (Å²) >= 11 is 0. The van der Waals surface area contributed by atoms with Crippen molar-refractivity contribution in [2.45, 2.75) is 13.8 Å². The highest BCUT2D eigenvalue weighted by molar-refractivity contribution is 5.96. The monoisotopic (exact) mass is 236 g/mol. The summed E-state index contributed by atoms with van der Waals surface area (Å²) in [5.74, 6) is -0.673. The van der Waals surface area contributed by atoms with E-state index in [1.54, 1.807) is 12.1 Å². The molecule has 1 aromatic rings. The van der Waals surface area contributed by atoms with Gasteiger partial charge in [0.05, 0.1) is 13.7 Å². The molecule has 0 saturated carbocycles. The van der Waals surface area contributed by atoms with Gasteiger partial charge in [-0.25, -0.2) is 5.48 Å². The number of carbonyl (C=O) groups excluding carboxylic acids is 2. The van der Waals surface area contributed by atoms with Crippen LogP contribution in [0.4, 0.5) is 0 Å². The van der Waals surface area contributed by atoms with Gasteiger partial charge in [0.2, 0.25) is 0 Å². The first-order valence-electron chi connectivity index (χ1n) is 5.21. The molecule has 0 bridgehead atoms. The van der Waals surface area contributed by atoms with Crippen molar-refractivity contribution in [2.75, 3.05) is 13.7 Å². The van der Waals surface area contributed by atoms with Crippen molar-refractivity contribution in [3.8, 4) is 0 Å². The van der Waals surface area contributed by atoms with E-state index in [-0.39, 0.29) is 12.5 Å². The molecular weight excluding hydrogens is 220 g/mol. The van der Waals surface area contributed by atoms with Gasteiger partial charge in [-0.3, -0.25) is 14.4 Å². The third-order valence-electron chi connectivity index (χ3n) is 2.11. The van der Waals surface area contributed by atoms with E-state index in [0.29, 0.717) is 5.56 Å². The number of benzene rings is 1. The Morgan fingerprint density at radius 1 is 1.18 bits per heavy atom. The van der Waals surface area contributed by atoms with Gasteiger partial charge in [0.1, 0.15) is 0 Å². The Hall–Kier alpha value is -1.88. The zero-order chi connectivity index (χ0) is 12.8. The normalized spacial score (nSPS) is 9.82. The fraction of sp³-hybridized carbons (Fsp3) is 0.333. The van der Waals surface area contributed by atoms with Crippen molar-refractivity contribution >= 4 is 11.8 Å². The Kier molecular flexibility index (Phi) is 4.66. The lowest BCUT2D eigenvalue weighted by atomic mass is 10.1. The van der Waals surface area contributed by atoms with Gasteiger partial charge in [0.15, 0.2) is 0 Å². The van der Waals surface area contributed by atoms with Crippen molar-refractivity contribution in [3.05, 3.63) is 34.9 Å². The summed E-state index contributed by atoms with van der Waals surface area (Å²) in [7, 11) is 1.34. The molecule has 5 heteroatoms.